The van der Waals surface area contributed by atoms with E-state index in [0.29, 0.717) is 12.1 Å². The molecule has 1 aromatic rings. The highest BCUT2D eigenvalue weighted by Gasteiger charge is 2.51. The standard InChI is InChI=1S/C14H12ClNO3/c15-11-3-1-2-10-12(11)14(19)16(13(10)18)8-4-6-9(17)7-5-8/h1,3-7,10-12,17H,2H2/t10-,11+,12+/m1/s1. The Balaban J connectivity index is 1.98. The zero-order valence-electron chi connectivity index (χ0n) is 9.99. The van der Waals surface area contributed by atoms with Gasteiger partial charge in [-0.2, -0.15) is 0 Å². The number of imide groups is 1. The van der Waals surface area contributed by atoms with Gasteiger partial charge >= 0.3 is 0 Å². The van der Waals surface area contributed by atoms with Crippen molar-refractivity contribution >= 4 is 29.1 Å². The fourth-order valence-corrected chi connectivity index (χ4v) is 3.07. The quantitative estimate of drug-likeness (QED) is 0.486. The summed E-state index contributed by atoms with van der Waals surface area (Å²) in [5.41, 5.74) is 0.478. The lowest BCUT2D eigenvalue weighted by Crippen LogP contribution is -2.32. The van der Waals surface area contributed by atoms with Crippen LogP contribution in [0.2, 0.25) is 0 Å². The molecule has 0 unspecified atom stereocenters. The van der Waals surface area contributed by atoms with Crippen molar-refractivity contribution in [1.82, 2.24) is 0 Å². The first-order chi connectivity index (χ1) is 9.09. The summed E-state index contributed by atoms with van der Waals surface area (Å²) in [4.78, 5) is 25.9. The first-order valence-corrected chi connectivity index (χ1v) is 6.51. The second kappa shape index (κ2) is 4.38. The largest absolute Gasteiger partial charge is 0.508 e. The number of nitrogens with zero attached hydrogens (tertiary/aromatic N) is 1. The number of aromatic hydroxyl groups is 1. The molecule has 2 aliphatic rings. The van der Waals surface area contributed by atoms with Gasteiger partial charge in [-0.1, -0.05) is 12.2 Å². The molecule has 0 radical (unpaired) electrons. The van der Waals surface area contributed by atoms with Crippen LogP contribution in [0.1, 0.15) is 6.42 Å². The van der Waals surface area contributed by atoms with Crippen LogP contribution in [0.25, 0.3) is 0 Å². The first kappa shape index (κ1) is 12.2. The SMILES string of the molecule is O=C1[C@@H]2[C@@H](Cl)C=CC[C@H]2C(=O)N1c1ccc(O)cc1. The highest BCUT2D eigenvalue weighted by atomic mass is 35.5. The highest BCUT2D eigenvalue weighted by Crippen LogP contribution is 2.39. The maximum absolute atomic E-state index is 12.4. The predicted octanol–water partition coefficient (Wildman–Crippen LogP) is 2.07. The number of allylic oxidation sites excluding steroid dienone is 2. The fourth-order valence-electron chi connectivity index (χ4n) is 2.69. The van der Waals surface area contributed by atoms with Gasteiger partial charge < -0.3 is 5.11 Å². The molecule has 0 spiro atoms. The lowest BCUT2D eigenvalue weighted by atomic mass is 9.85. The van der Waals surface area contributed by atoms with Crippen molar-refractivity contribution in [1.29, 1.82) is 0 Å². The van der Waals surface area contributed by atoms with E-state index in [0.717, 1.165) is 0 Å². The minimum absolute atomic E-state index is 0.0946. The summed E-state index contributed by atoms with van der Waals surface area (Å²) in [6.07, 6.45) is 4.17. The van der Waals surface area contributed by atoms with E-state index in [1.165, 1.54) is 17.0 Å². The van der Waals surface area contributed by atoms with Crippen LogP contribution in [-0.2, 0) is 9.59 Å². The Morgan fingerprint density at radius 3 is 2.47 bits per heavy atom. The summed E-state index contributed by atoms with van der Waals surface area (Å²) in [7, 11) is 0. The smallest absolute Gasteiger partial charge is 0.239 e. The molecule has 3 rings (SSSR count). The summed E-state index contributed by atoms with van der Waals surface area (Å²) in [5, 5.41) is 8.83. The van der Waals surface area contributed by atoms with Gasteiger partial charge in [0, 0.05) is 0 Å². The monoisotopic (exact) mass is 277 g/mol. The van der Waals surface area contributed by atoms with Crippen LogP contribution in [0.15, 0.2) is 36.4 Å². The van der Waals surface area contributed by atoms with Crippen molar-refractivity contribution < 1.29 is 14.7 Å². The molecule has 1 fully saturated rings. The van der Waals surface area contributed by atoms with Crippen LogP contribution >= 0.6 is 11.6 Å². The van der Waals surface area contributed by atoms with Crippen LogP contribution in [0, 0.1) is 11.8 Å². The molecule has 4 nitrogen and oxygen atoms in total. The van der Waals surface area contributed by atoms with E-state index in [-0.39, 0.29) is 23.5 Å². The maximum atomic E-state index is 12.4. The normalized spacial score (nSPS) is 29.7. The molecule has 0 bridgehead atoms. The van der Waals surface area contributed by atoms with Gasteiger partial charge in [-0.25, -0.2) is 4.90 Å². The molecule has 5 heteroatoms. The van der Waals surface area contributed by atoms with E-state index in [1.54, 1.807) is 18.2 Å². The Bertz CT molecular complexity index is 567. The number of hydrogen-bond acceptors (Lipinski definition) is 3. The third kappa shape index (κ3) is 1.83. The molecule has 0 aromatic heterocycles. The Labute approximate surface area is 115 Å². The second-order valence-electron chi connectivity index (χ2n) is 4.77. The van der Waals surface area contributed by atoms with Gasteiger partial charge in [0.2, 0.25) is 11.8 Å². The number of hydrogen-bond donors (Lipinski definition) is 1. The zero-order chi connectivity index (χ0) is 13.6. The number of amides is 2. The summed E-state index contributed by atoms with van der Waals surface area (Å²) >= 11 is 6.13. The van der Waals surface area contributed by atoms with Crippen molar-refractivity contribution in [3.8, 4) is 5.75 Å². The Kier molecular flexibility index (Phi) is 2.82. The molecule has 3 atom stereocenters. The van der Waals surface area contributed by atoms with Gasteiger partial charge in [0.25, 0.3) is 0 Å². The van der Waals surface area contributed by atoms with Crippen molar-refractivity contribution in [2.24, 2.45) is 11.8 Å². The molecule has 19 heavy (non-hydrogen) atoms. The average molecular weight is 278 g/mol. The summed E-state index contributed by atoms with van der Waals surface area (Å²) in [5.74, 6) is -1.22. The second-order valence-corrected chi connectivity index (χ2v) is 5.27. The van der Waals surface area contributed by atoms with Gasteiger partial charge in [-0.15, -0.1) is 11.6 Å². The highest BCUT2D eigenvalue weighted by molar-refractivity contribution is 6.29. The topological polar surface area (TPSA) is 57.6 Å². The van der Waals surface area contributed by atoms with Crippen LogP contribution in [-0.4, -0.2) is 22.3 Å². The number of carbonyl (C=O) groups excluding carboxylic acids is 2. The molecular formula is C14H12ClNO3. The van der Waals surface area contributed by atoms with E-state index in [4.69, 9.17) is 11.6 Å². The number of halogens is 1. The minimum Gasteiger partial charge on any atom is -0.508 e. The number of benzene rings is 1. The lowest BCUT2D eigenvalue weighted by molar-refractivity contribution is -0.122. The van der Waals surface area contributed by atoms with Crippen LogP contribution < -0.4 is 4.90 Å². The Hall–Kier alpha value is -1.81. The Morgan fingerprint density at radius 2 is 1.84 bits per heavy atom. The van der Waals surface area contributed by atoms with Gasteiger partial charge in [0.15, 0.2) is 0 Å². The number of carbonyl (C=O) groups is 2. The molecule has 98 valence electrons. The van der Waals surface area contributed by atoms with Crippen LogP contribution in [0.3, 0.4) is 0 Å². The van der Waals surface area contributed by atoms with E-state index in [1.807, 2.05) is 6.08 Å². The molecule has 2 amide bonds. The zero-order valence-corrected chi connectivity index (χ0v) is 10.7. The van der Waals surface area contributed by atoms with Gasteiger partial charge in [-0.05, 0) is 30.7 Å². The molecular weight excluding hydrogens is 266 g/mol. The van der Waals surface area contributed by atoms with E-state index in [9.17, 15) is 14.7 Å². The van der Waals surface area contributed by atoms with Crippen molar-refractivity contribution in [3.05, 3.63) is 36.4 Å². The minimum atomic E-state index is -0.479. The molecule has 0 saturated carbocycles. The summed E-state index contributed by atoms with van der Waals surface area (Å²) < 4.78 is 0. The maximum Gasteiger partial charge on any atom is 0.239 e. The summed E-state index contributed by atoms with van der Waals surface area (Å²) in [6, 6.07) is 6.01. The lowest BCUT2D eigenvalue weighted by Gasteiger charge is -2.20. The summed E-state index contributed by atoms with van der Waals surface area (Å²) in [6.45, 7) is 0. The number of rotatable bonds is 1. The first-order valence-electron chi connectivity index (χ1n) is 6.07. The van der Waals surface area contributed by atoms with Crippen molar-refractivity contribution in [3.63, 3.8) is 0 Å². The predicted molar refractivity (Wildman–Crippen MR) is 71.0 cm³/mol. The van der Waals surface area contributed by atoms with Crippen LogP contribution in [0.5, 0.6) is 5.75 Å². The molecule has 1 aliphatic carbocycles. The number of fused-ring (bicyclic) bond motifs is 1. The third-order valence-corrected chi connectivity index (χ3v) is 4.05. The van der Waals surface area contributed by atoms with Gasteiger partial charge in [0.05, 0.1) is 22.9 Å². The molecule has 1 aromatic carbocycles. The van der Waals surface area contributed by atoms with E-state index >= 15 is 0 Å². The number of phenolic OH excluding ortho intramolecular Hbond substituents is 1. The van der Waals surface area contributed by atoms with Crippen molar-refractivity contribution in [2.75, 3.05) is 4.90 Å². The van der Waals surface area contributed by atoms with Crippen molar-refractivity contribution in [2.45, 2.75) is 11.8 Å². The van der Waals surface area contributed by atoms with E-state index in [2.05, 4.69) is 0 Å². The number of anilines is 1. The fraction of sp³-hybridized carbons (Fsp3) is 0.286. The third-order valence-electron chi connectivity index (χ3n) is 3.64. The molecule has 1 heterocycles. The number of phenols is 1. The Morgan fingerprint density at radius 1 is 1.16 bits per heavy atom. The van der Waals surface area contributed by atoms with Gasteiger partial charge in [-0.3, -0.25) is 9.59 Å². The molecule has 1 saturated heterocycles. The molecule has 1 N–H and O–H groups in total. The van der Waals surface area contributed by atoms with E-state index < -0.39 is 11.3 Å². The average Bonchev–Trinajstić information content (AvgIpc) is 2.65. The van der Waals surface area contributed by atoms with Crippen LogP contribution in [0.4, 0.5) is 5.69 Å². The number of alkyl halides is 1. The molecule has 1 aliphatic heterocycles. The van der Waals surface area contributed by atoms with Gasteiger partial charge in [0.1, 0.15) is 5.75 Å².